The molecule has 0 bridgehead atoms. The van der Waals surface area contributed by atoms with Gasteiger partial charge in [0.2, 0.25) is 0 Å². The molecule has 0 fully saturated rings. The quantitative estimate of drug-likeness (QED) is 0.758. The Kier molecular flexibility index (Phi) is 2.12. The van der Waals surface area contributed by atoms with Crippen LogP contribution in [0.2, 0.25) is 0 Å². The van der Waals surface area contributed by atoms with Crippen molar-refractivity contribution in [2.75, 3.05) is 7.05 Å². The first-order valence-corrected chi connectivity index (χ1v) is 4.73. The van der Waals surface area contributed by atoms with Gasteiger partial charge in [0.15, 0.2) is 4.96 Å². The minimum atomic E-state index is -0.0244. The molecular weight excluding hydrogens is 186 g/mol. The summed E-state index contributed by atoms with van der Waals surface area (Å²) >= 11 is 1.53. The van der Waals surface area contributed by atoms with Gasteiger partial charge in [-0.25, -0.2) is 4.98 Å². The predicted molar refractivity (Wildman–Crippen MR) is 52.1 cm³/mol. The summed E-state index contributed by atoms with van der Waals surface area (Å²) in [5.41, 5.74) is -0.0244. The first-order valence-electron chi connectivity index (χ1n) is 3.92. The van der Waals surface area contributed by atoms with Crippen LogP contribution in [0.15, 0.2) is 23.3 Å². The zero-order valence-electron chi connectivity index (χ0n) is 7.15. The number of thiazole rings is 1. The highest BCUT2D eigenvalue weighted by Gasteiger charge is 2.01. The van der Waals surface area contributed by atoms with Gasteiger partial charge in [-0.1, -0.05) is 11.3 Å². The number of nitrogens with zero attached hydrogens (tertiary/aromatic N) is 2. The summed E-state index contributed by atoms with van der Waals surface area (Å²) in [5, 5.41) is 3.03. The Morgan fingerprint density at radius 2 is 2.54 bits per heavy atom. The molecule has 68 valence electrons. The number of hydrogen-bond donors (Lipinski definition) is 1. The Bertz CT molecular complexity index is 473. The van der Waals surface area contributed by atoms with Gasteiger partial charge in [0.25, 0.3) is 5.56 Å². The molecule has 0 atom stereocenters. The second-order valence-electron chi connectivity index (χ2n) is 2.66. The van der Waals surface area contributed by atoms with Crippen molar-refractivity contribution >= 4 is 16.3 Å². The van der Waals surface area contributed by atoms with Gasteiger partial charge in [0.1, 0.15) is 0 Å². The van der Waals surface area contributed by atoms with Crippen LogP contribution in [0.1, 0.15) is 4.88 Å². The molecule has 2 aromatic heterocycles. The van der Waals surface area contributed by atoms with Crippen molar-refractivity contribution in [2.45, 2.75) is 6.54 Å². The third-order valence-corrected chi connectivity index (χ3v) is 2.69. The maximum Gasteiger partial charge on any atom is 0.258 e. The Labute approximate surface area is 78.9 Å². The Hall–Kier alpha value is -1.20. The van der Waals surface area contributed by atoms with E-state index in [0.717, 1.165) is 16.4 Å². The highest BCUT2D eigenvalue weighted by Crippen LogP contribution is 2.12. The van der Waals surface area contributed by atoms with E-state index in [1.54, 1.807) is 4.40 Å². The molecule has 0 saturated carbocycles. The van der Waals surface area contributed by atoms with Crippen LogP contribution >= 0.6 is 11.3 Å². The molecule has 0 aliphatic rings. The lowest BCUT2D eigenvalue weighted by Gasteiger charge is -1.88. The van der Waals surface area contributed by atoms with E-state index in [0.29, 0.717) is 0 Å². The van der Waals surface area contributed by atoms with Crippen molar-refractivity contribution in [2.24, 2.45) is 0 Å². The normalized spacial score (nSPS) is 10.8. The number of nitrogens with one attached hydrogen (secondary N) is 1. The smallest absolute Gasteiger partial charge is 0.258 e. The van der Waals surface area contributed by atoms with Crippen LogP contribution in [-0.2, 0) is 6.54 Å². The van der Waals surface area contributed by atoms with E-state index in [9.17, 15) is 4.79 Å². The molecule has 0 saturated heterocycles. The zero-order valence-corrected chi connectivity index (χ0v) is 7.97. The van der Waals surface area contributed by atoms with Crippen LogP contribution in [0.25, 0.3) is 4.96 Å². The number of rotatable bonds is 2. The lowest BCUT2D eigenvalue weighted by atomic mass is 10.5. The Balaban J connectivity index is 2.62. The lowest BCUT2D eigenvalue weighted by Crippen LogP contribution is -2.10. The van der Waals surface area contributed by atoms with Gasteiger partial charge in [0, 0.05) is 29.9 Å². The minimum Gasteiger partial charge on any atom is -0.315 e. The average Bonchev–Trinajstić information content (AvgIpc) is 2.49. The van der Waals surface area contributed by atoms with Gasteiger partial charge >= 0.3 is 0 Å². The molecule has 2 heterocycles. The number of hydrogen-bond acceptors (Lipinski definition) is 4. The molecule has 13 heavy (non-hydrogen) atoms. The molecule has 1 N–H and O–H groups in total. The summed E-state index contributed by atoms with van der Waals surface area (Å²) < 4.78 is 1.57. The van der Waals surface area contributed by atoms with Crippen molar-refractivity contribution in [3.05, 3.63) is 33.7 Å². The summed E-state index contributed by atoms with van der Waals surface area (Å²) in [4.78, 5) is 17.3. The van der Waals surface area contributed by atoms with Gasteiger partial charge < -0.3 is 5.32 Å². The van der Waals surface area contributed by atoms with Gasteiger partial charge in [0.05, 0.1) is 0 Å². The fourth-order valence-electron chi connectivity index (χ4n) is 1.14. The fourth-order valence-corrected chi connectivity index (χ4v) is 2.10. The summed E-state index contributed by atoms with van der Waals surface area (Å²) in [6.07, 6.45) is 3.36. The van der Waals surface area contributed by atoms with E-state index < -0.39 is 0 Å². The number of fused-ring (bicyclic) bond motifs is 1. The summed E-state index contributed by atoms with van der Waals surface area (Å²) in [7, 11) is 1.88. The van der Waals surface area contributed by atoms with Crippen LogP contribution in [0.5, 0.6) is 0 Å². The molecule has 0 aliphatic carbocycles. The van der Waals surface area contributed by atoms with Crippen LogP contribution < -0.4 is 10.9 Å². The largest absolute Gasteiger partial charge is 0.315 e. The van der Waals surface area contributed by atoms with Crippen LogP contribution in [0.3, 0.4) is 0 Å². The third-order valence-electron chi connectivity index (χ3n) is 1.69. The van der Waals surface area contributed by atoms with Crippen LogP contribution in [0.4, 0.5) is 0 Å². The summed E-state index contributed by atoms with van der Waals surface area (Å²) in [5.74, 6) is 0. The van der Waals surface area contributed by atoms with Gasteiger partial charge in [-0.2, -0.15) is 0 Å². The maximum absolute atomic E-state index is 11.3. The van der Waals surface area contributed by atoms with E-state index in [1.807, 2.05) is 13.2 Å². The highest BCUT2D eigenvalue weighted by molar-refractivity contribution is 7.17. The van der Waals surface area contributed by atoms with Crippen molar-refractivity contribution in [3.63, 3.8) is 0 Å². The second-order valence-corrected chi connectivity index (χ2v) is 3.76. The van der Waals surface area contributed by atoms with E-state index in [-0.39, 0.29) is 5.56 Å². The second kappa shape index (κ2) is 3.27. The monoisotopic (exact) mass is 195 g/mol. The van der Waals surface area contributed by atoms with Gasteiger partial charge in [-0.05, 0) is 7.05 Å². The van der Waals surface area contributed by atoms with Crippen molar-refractivity contribution in [1.29, 1.82) is 0 Å². The number of aromatic nitrogens is 2. The van der Waals surface area contributed by atoms with E-state index >= 15 is 0 Å². The standard InChI is InChI=1S/C8H9N3OS/c1-9-4-6-5-11-7(12)2-3-10-8(11)13-6/h2-3,5,9H,4H2,1H3. The average molecular weight is 195 g/mol. The summed E-state index contributed by atoms with van der Waals surface area (Å²) in [6, 6.07) is 1.46. The highest BCUT2D eigenvalue weighted by atomic mass is 32.1. The predicted octanol–water partition coefficient (Wildman–Crippen LogP) is 0.475. The SMILES string of the molecule is CNCc1cn2c(=O)ccnc2s1. The molecule has 0 amide bonds. The first kappa shape index (κ1) is 8.40. The lowest BCUT2D eigenvalue weighted by molar-refractivity contribution is 0.826. The van der Waals surface area contributed by atoms with Gasteiger partial charge in [-0.15, -0.1) is 0 Å². The molecule has 5 heteroatoms. The van der Waals surface area contributed by atoms with Crippen molar-refractivity contribution in [3.8, 4) is 0 Å². The van der Waals surface area contributed by atoms with Crippen molar-refractivity contribution in [1.82, 2.24) is 14.7 Å². The molecule has 0 unspecified atom stereocenters. The zero-order chi connectivity index (χ0) is 9.26. The molecule has 2 rings (SSSR count). The van der Waals surface area contributed by atoms with Crippen molar-refractivity contribution < 1.29 is 0 Å². The topological polar surface area (TPSA) is 46.4 Å². The third kappa shape index (κ3) is 1.48. The molecule has 0 aliphatic heterocycles. The molecular formula is C8H9N3OS. The summed E-state index contributed by atoms with van der Waals surface area (Å²) in [6.45, 7) is 0.771. The molecule has 0 aromatic carbocycles. The Morgan fingerprint density at radius 3 is 3.23 bits per heavy atom. The molecule has 0 spiro atoms. The fraction of sp³-hybridized carbons (Fsp3) is 0.250. The van der Waals surface area contributed by atoms with Crippen LogP contribution in [-0.4, -0.2) is 16.4 Å². The van der Waals surface area contributed by atoms with E-state index in [4.69, 9.17) is 0 Å². The van der Waals surface area contributed by atoms with Gasteiger partial charge in [-0.3, -0.25) is 9.20 Å². The first-order chi connectivity index (χ1) is 6.31. The van der Waals surface area contributed by atoms with Crippen LogP contribution in [0, 0.1) is 0 Å². The van der Waals surface area contributed by atoms with E-state index in [1.165, 1.54) is 23.6 Å². The Morgan fingerprint density at radius 1 is 1.69 bits per heavy atom. The van der Waals surface area contributed by atoms with E-state index in [2.05, 4.69) is 10.3 Å². The minimum absolute atomic E-state index is 0.0244. The molecule has 0 radical (unpaired) electrons. The molecule has 2 aromatic rings. The maximum atomic E-state index is 11.3. The molecule has 4 nitrogen and oxygen atoms in total.